The van der Waals surface area contributed by atoms with Crippen molar-refractivity contribution in [3.63, 3.8) is 0 Å². The SMILES string of the molecule is Cc1ccc(-n2ccnc2N2CCN(C(=O)C3CC3)CC2)cc1. The van der Waals surface area contributed by atoms with Crippen LogP contribution in [0.4, 0.5) is 5.95 Å². The fourth-order valence-corrected chi connectivity index (χ4v) is 3.15. The van der Waals surface area contributed by atoms with E-state index >= 15 is 0 Å². The van der Waals surface area contributed by atoms with Gasteiger partial charge in [0.15, 0.2) is 0 Å². The minimum Gasteiger partial charge on any atom is -0.339 e. The van der Waals surface area contributed by atoms with E-state index in [2.05, 4.69) is 45.6 Å². The largest absolute Gasteiger partial charge is 0.339 e. The van der Waals surface area contributed by atoms with E-state index < -0.39 is 0 Å². The summed E-state index contributed by atoms with van der Waals surface area (Å²) < 4.78 is 2.12. The Hall–Kier alpha value is -2.30. The van der Waals surface area contributed by atoms with Crippen LogP contribution in [0.15, 0.2) is 36.7 Å². The van der Waals surface area contributed by atoms with Crippen LogP contribution in [0, 0.1) is 12.8 Å². The molecule has 0 unspecified atom stereocenters. The fraction of sp³-hybridized carbons (Fsp3) is 0.444. The Balaban J connectivity index is 1.48. The van der Waals surface area contributed by atoms with Crippen LogP contribution in [0.3, 0.4) is 0 Å². The van der Waals surface area contributed by atoms with Gasteiger partial charge < -0.3 is 9.80 Å². The molecule has 1 aromatic heterocycles. The normalized spacial score (nSPS) is 18.3. The molecular formula is C18H22N4O. The summed E-state index contributed by atoms with van der Waals surface area (Å²) in [5.41, 5.74) is 2.38. The first kappa shape index (κ1) is 14.3. The van der Waals surface area contributed by atoms with E-state index in [1.54, 1.807) is 0 Å². The van der Waals surface area contributed by atoms with Gasteiger partial charge in [0.25, 0.3) is 0 Å². The van der Waals surface area contributed by atoms with Gasteiger partial charge in [0.05, 0.1) is 0 Å². The third-order valence-corrected chi connectivity index (χ3v) is 4.73. The van der Waals surface area contributed by atoms with E-state index in [1.165, 1.54) is 5.56 Å². The second-order valence-electron chi connectivity index (χ2n) is 6.52. The minimum absolute atomic E-state index is 0.316. The number of amides is 1. The van der Waals surface area contributed by atoms with Crippen molar-refractivity contribution in [2.24, 2.45) is 5.92 Å². The zero-order chi connectivity index (χ0) is 15.8. The molecule has 2 aliphatic rings. The van der Waals surface area contributed by atoms with Crippen molar-refractivity contribution in [2.75, 3.05) is 31.1 Å². The number of nitrogens with zero attached hydrogens (tertiary/aromatic N) is 4. The molecule has 2 heterocycles. The quantitative estimate of drug-likeness (QED) is 0.873. The zero-order valence-corrected chi connectivity index (χ0v) is 13.5. The molecule has 2 fully saturated rings. The van der Waals surface area contributed by atoms with Gasteiger partial charge in [-0.05, 0) is 31.9 Å². The lowest BCUT2D eigenvalue weighted by atomic mass is 10.2. The van der Waals surface area contributed by atoms with Crippen LogP contribution in [-0.4, -0.2) is 46.5 Å². The van der Waals surface area contributed by atoms with Gasteiger partial charge in [-0.3, -0.25) is 9.36 Å². The average Bonchev–Trinajstić information content (AvgIpc) is 3.32. The lowest BCUT2D eigenvalue weighted by molar-refractivity contribution is -0.132. The molecule has 1 amide bonds. The molecule has 5 heteroatoms. The number of imidazole rings is 1. The number of aryl methyl sites for hydroxylation is 1. The summed E-state index contributed by atoms with van der Waals surface area (Å²) in [5.74, 6) is 1.63. The van der Waals surface area contributed by atoms with Gasteiger partial charge in [-0.25, -0.2) is 4.98 Å². The highest BCUT2D eigenvalue weighted by Crippen LogP contribution is 2.31. The molecule has 0 N–H and O–H groups in total. The van der Waals surface area contributed by atoms with Crippen LogP contribution in [0.1, 0.15) is 18.4 Å². The first-order valence-electron chi connectivity index (χ1n) is 8.36. The Morgan fingerprint density at radius 3 is 2.43 bits per heavy atom. The van der Waals surface area contributed by atoms with Gasteiger partial charge >= 0.3 is 0 Å². The fourth-order valence-electron chi connectivity index (χ4n) is 3.15. The maximum atomic E-state index is 12.2. The number of benzene rings is 1. The van der Waals surface area contributed by atoms with E-state index in [-0.39, 0.29) is 0 Å². The molecule has 4 rings (SSSR count). The molecule has 1 aliphatic heterocycles. The molecule has 1 aromatic carbocycles. The van der Waals surface area contributed by atoms with E-state index in [0.29, 0.717) is 11.8 Å². The Labute approximate surface area is 136 Å². The van der Waals surface area contributed by atoms with Gasteiger partial charge in [0.2, 0.25) is 11.9 Å². The van der Waals surface area contributed by atoms with Gasteiger partial charge in [-0.15, -0.1) is 0 Å². The number of aromatic nitrogens is 2. The van der Waals surface area contributed by atoms with Crippen molar-refractivity contribution in [3.8, 4) is 5.69 Å². The highest BCUT2D eigenvalue weighted by atomic mass is 16.2. The van der Waals surface area contributed by atoms with Crippen molar-refractivity contribution in [3.05, 3.63) is 42.2 Å². The van der Waals surface area contributed by atoms with E-state index in [0.717, 1.165) is 50.7 Å². The third kappa shape index (κ3) is 2.83. The van der Waals surface area contributed by atoms with Gasteiger partial charge in [0.1, 0.15) is 0 Å². The summed E-state index contributed by atoms with van der Waals surface area (Å²) in [6, 6.07) is 8.47. The number of hydrogen-bond acceptors (Lipinski definition) is 3. The number of hydrogen-bond donors (Lipinski definition) is 0. The molecule has 0 spiro atoms. The molecule has 1 saturated heterocycles. The minimum atomic E-state index is 0.316. The average molecular weight is 310 g/mol. The topological polar surface area (TPSA) is 41.4 Å². The highest BCUT2D eigenvalue weighted by Gasteiger charge is 2.35. The maximum absolute atomic E-state index is 12.2. The number of piperazine rings is 1. The molecule has 1 saturated carbocycles. The van der Waals surface area contributed by atoms with Gasteiger partial charge in [0, 0.05) is 50.2 Å². The number of rotatable bonds is 3. The molecule has 0 atom stereocenters. The summed E-state index contributed by atoms with van der Waals surface area (Å²) in [6.45, 7) is 5.39. The van der Waals surface area contributed by atoms with E-state index in [1.807, 2.05) is 17.3 Å². The van der Waals surface area contributed by atoms with Crippen LogP contribution in [0.5, 0.6) is 0 Å². The number of carbonyl (C=O) groups excluding carboxylic acids is 1. The number of anilines is 1. The molecule has 0 bridgehead atoms. The Bertz CT molecular complexity index is 694. The third-order valence-electron chi connectivity index (χ3n) is 4.73. The molecular weight excluding hydrogens is 288 g/mol. The second-order valence-corrected chi connectivity index (χ2v) is 6.52. The summed E-state index contributed by atoms with van der Waals surface area (Å²) in [4.78, 5) is 21.0. The van der Waals surface area contributed by atoms with Crippen LogP contribution >= 0.6 is 0 Å². The first-order valence-corrected chi connectivity index (χ1v) is 8.36. The molecule has 23 heavy (non-hydrogen) atoms. The maximum Gasteiger partial charge on any atom is 0.225 e. The van der Waals surface area contributed by atoms with Crippen LogP contribution in [0.25, 0.3) is 5.69 Å². The summed E-state index contributed by atoms with van der Waals surface area (Å²) in [5, 5.41) is 0. The molecule has 120 valence electrons. The van der Waals surface area contributed by atoms with Crippen LogP contribution < -0.4 is 4.90 Å². The van der Waals surface area contributed by atoms with Crippen LogP contribution in [-0.2, 0) is 4.79 Å². The van der Waals surface area contributed by atoms with Gasteiger partial charge in [-0.2, -0.15) is 0 Å². The Morgan fingerprint density at radius 2 is 1.78 bits per heavy atom. The molecule has 5 nitrogen and oxygen atoms in total. The van der Waals surface area contributed by atoms with Crippen molar-refractivity contribution < 1.29 is 4.79 Å². The Morgan fingerprint density at radius 1 is 1.09 bits per heavy atom. The van der Waals surface area contributed by atoms with Gasteiger partial charge in [-0.1, -0.05) is 17.7 Å². The second kappa shape index (κ2) is 5.72. The zero-order valence-electron chi connectivity index (χ0n) is 13.5. The highest BCUT2D eigenvalue weighted by molar-refractivity contribution is 5.81. The van der Waals surface area contributed by atoms with Crippen molar-refractivity contribution in [2.45, 2.75) is 19.8 Å². The lowest BCUT2D eigenvalue weighted by Crippen LogP contribution is -2.49. The summed E-state index contributed by atoms with van der Waals surface area (Å²) >= 11 is 0. The van der Waals surface area contributed by atoms with E-state index in [9.17, 15) is 4.79 Å². The molecule has 0 radical (unpaired) electrons. The van der Waals surface area contributed by atoms with Crippen molar-refractivity contribution in [1.82, 2.24) is 14.5 Å². The monoisotopic (exact) mass is 310 g/mol. The standard InChI is InChI=1S/C18H22N4O/c1-14-2-6-16(7-3-14)22-9-8-19-18(22)21-12-10-20(11-13-21)17(23)15-4-5-15/h2-3,6-9,15H,4-5,10-13H2,1H3. The lowest BCUT2D eigenvalue weighted by Gasteiger charge is -2.35. The van der Waals surface area contributed by atoms with Crippen molar-refractivity contribution in [1.29, 1.82) is 0 Å². The predicted molar refractivity (Wildman–Crippen MR) is 89.8 cm³/mol. The first-order chi connectivity index (χ1) is 11.2. The van der Waals surface area contributed by atoms with Crippen LogP contribution in [0.2, 0.25) is 0 Å². The molecule has 1 aliphatic carbocycles. The van der Waals surface area contributed by atoms with E-state index in [4.69, 9.17) is 0 Å². The molecule has 2 aromatic rings. The van der Waals surface area contributed by atoms with Crippen molar-refractivity contribution >= 4 is 11.9 Å². The predicted octanol–water partition coefficient (Wildman–Crippen LogP) is 2.24. The number of carbonyl (C=O) groups is 1. The summed E-state index contributed by atoms with van der Waals surface area (Å²) in [6.07, 6.45) is 6.01. The summed E-state index contributed by atoms with van der Waals surface area (Å²) in [7, 11) is 0. The smallest absolute Gasteiger partial charge is 0.225 e. The Kier molecular flexibility index (Phi) is 3.56.